The van der Waals surface area contributed by atoms with Crippen molar-refractivity contribution in [2.24, 2.45) is 4.99 Å². The molecule has 1 aromatic carbocycles. The first-order valence-electron chi connectivity index (χ1n) is 8.92. The van der Waals surface area contributed by atoms with E-state index in [0.29, 0.717) is 11.4 Å². The van der Waals surface area contributed by atoms with Crippen LogP contribution in [0.4, 0.5) is 0 Å². The van der Waals surface area contributed by atoms with Gasteiger partial charge in [0.2, 0.25) is 5.91 Å². The Bertz CT molecular complexity index is 989. The monoisotopic (exact) mass is 384 g/mol. The van der Waals surface area contributed by atoms with Crippen LogP contribution in [0, 0.1) is 0 Å². The Hall–Kier alpha value is -2.74. The number of aromatic nitrogens is 1. The van der Waals surface area contributed by atoms with E-state index < -0.39 is 10.0 Å². The van der Waals surface area contributed by atoms with Gasteiger partial charge in [0.25, 0.3) is 10.0 Å². The summed E-state index contributed by atoms with van der Waals surface area (Å²) in [5, 5.41) is 0. The lowest BCUT2D eigenvalue weighted by Gasteiger charge is -2.24. The molecule has 1 fully saturated rings. The lowest BCUT2D eigenvalue weighted by atomic mass is 10.1. The zero-order valence-electron chi connectivity index (χ0n) is 14.7. The number of aliphatic imine (C=N–C) groups is 1. The van der Waals surface area contributed by atoms with E-state index in [1.165, 1.54) is 0 Å². The van der Waals surface area contributed by atoms with E-state index in [1.54, 1.807) is 36.7 Å². The summed E-state index contributed by atoms with van der Waals surface area (Å²) in [6.07, 6.45) is 5.64. The summed E-state index contributed by atoms with van der Waals surface area (Å²) < 4.78 is 26.7. The molecule has 0 unspecified atom stereocenters. The van der Waals surface area contributed by atoms with Gasteiger partial charge in [0, 0.05) is 30.9 Å². The van der Waals surface area contributed by atoms with Crippen LogP contribution in [0.1, 0.15) is 36.4 Å². The Morgan fingerprint density at radius 3 is 2.81 bits per heavy atom. The fraction of sp³-hybridized carbons (Fsp3) is 0.316. The second-order valence-electron chi connectivity index (χ2n) is 6.61. The predicted octanol–water partition coefficient (Wildman–Crippen LogP) is 1.87. The average Bonchev–Trinajstić information content (AvgIpc) is 3.26. The molecular formula is C19H20N4O3S. The number of nitrogens with zero attached hydrogens (tertiary/aromatic N) is 3. The molecule has 0 bridgehead atoms. The minimum absolute atomic E-state index is 0.0350. The zero-order chi connectivity index (χ0) is 18.9. The van der Waals surface area contributed by atoms with Crippen LogP contribution in [0.3, 0.4) is 0 Å². The van der Waals surface area contributed by atoms with Crippen molar-refractivity contribution in [2.75, 3.05) is 13.1 Å². The minimum Gasteiger partial charge on any atom is -0.336 e. The molecular weight excluding hydrogens is 364 g/mol. The summed E-state index contributed by atoms with van der Waals surface area (Å²) in [4.78, 5) is 23.2. The molecule has 1 amide bonds. The third-order valence-electron chi connectivity index (χ3n) is 4.92. The molecule has 3 heterocycles. The first-order valence-corrected chi connectivity index (χ1v) is 10.4. The van der Waals surface area contributed by atoms with Crippen molar-refractivity contribution >= 4 is 21.8 Å². The second-order valence-corrected chi connectivity index (χ2v) is 8.26. The van der Waals surface area contributed by atoms with E-state index in [9.17, 15) is 13.2 Å². The van der Waals surface area contributed by atoms with Gasteiger partial charge in [-0.3, -0.25) is 19.5 Å². The Labute approximate surface area is 158 Å². The number of benzene rings is 1. The van der Waals surface area contributed by atoms with Crippen molar-refractivity contribution in [1.29, 1.82) is 0 Å². The fourth-order valence-electron chi connectivity index (χ4n) is 3.66. The van der Waals surface area contributed by atoms with E-state index in [1.807, 2.05) is 17.0 Å². The number of fused-ring (bicyclic) bond motifs is 1. The maximum atomic E-state index is 12.7. The van der Waals surface area contributed by atoms with E-state index in [4.69, 9.17) is 0 Å². The number of pyridine rings is 1. The molecule has 4 rings (SSSR count). The molecule has 2 aliphatic rings. The van der Waals surface area contributed by atoms with Crippen molar-refractivity contribution in [3.63, 3.8) is 0 Å². The fourth-order valence-corrected chi connectivity index (χ4v) is 4.91. The number of amidine groups is 1. The number of carbonyl (C=O) groups excluding carboxylic acids is 1. The molecule has 0 radical (unpaired) electrons. The molecule has 2 aliphatic heterocycles. The summed E-state index contributed by atoms with van der Waals surface area (Å²) in [5.41, 5.74) is 1.65. The van der Waals surface area contributed by atoms with Crippen LogP contribution in [-0.4, -0.2) is 43.1 Å². The number of carbonyl (C=O) groups is 1. The van der Waals surface area contributed by atoms with Gasteiger partial charge in [0.1, 0.15) is 5.84 Å². The number of nitrogens with one attached hydrogen (secondary N) is 1. The van der Waals surface area contributed by atoms with Gasteiger partial charge in [-0.15, -0.1) is 0 Å². The smallest absolute Gasteiger partial charge is 0.263 e. The third-order valence-corrected chi connectivity index (χ3v) is 6.32. The number of hydrogen-bond acceptors (Lipinski definition) is 5. The molecule has 1 saturated heterocycles. The van der Waals surface area contributed by atoms with Crippen LogP contribution in [0.15, 0.2) is 58.7 Å². The van der Waals surface area contributed by atoms with Crippen LogP contribution in [0.2, 0.25) is 0 Å². The second kappa shape index (κ2) is 7.11. The van der Waals surface area contributed by atoms with Gasteiger partial charge >= 0.3 is 0 Å². The zero-order valence-corrected chi connectivity index (χ0v) is 15.5. The highest BCUT2D eigenvalue weighted by Crippen LogP contribution is 2.32. The number of rotatable bonds is 4. The van der Waals surface area contributed by atoms with Crippen molar-refractivity contribution in [3.05, 3.63) is 59.9 Å². The lowest BCUT2D eigenvalue weighted by molar-refractivity contribution is -0.131. The number of hydrogen-bond donors (Lipinski definition) is 1. The average molecular weight is 384 g/mol. The molecule has 1 aromatic heterocycles. The third kappa shape index (κ3) is 3.44. The van der Waals surface area contributed by atoms with Crippen LogP contribution >= 0.6 is 0 Å². The number of likely N-dealkylation sites (tertiary alicyclic amines) is 1. The van der Waals surface area contributed by atoms with E-state index >= 15 is 0 Å². The maximum absolute atomic E-state index is 12.7. The molecule has 0 saturated carbocycles. The summed E-state index contributed by atoms with van der Waals surface area (Å²) >= 11 is 0. The van der Waals surface area contributed by atoms with Crippen LogP contribution in [0.25, 0.3) is 0 Å². The van der Waals surface area contributed by atoms with Crippen molar-refractivity contribution < 1.29 is 13.2 Å². The summed E-state index contributed by atoms with van der Waals surface area (Å²) in [5.74, 6) is 0.346. The van der Waals surface area contributed by atoms with E-state index in [-0.39, 0.29) is 29.8 Å². The molecule has 0 spiro atoms. The molecule has 2 aromatic rings. The van der Waals surface area contributed by atoms with Gasteiger partial charge in [-0.05, 0) is 42.7 Å². The molecule has 1 N–H and O–H groups in total. The standard InChI is InChI=1S/C19H20N4O3S/c24-18(23-13-3-5-16(23)14-7-10-20-11-8-14)9-12-21-19-15-4-1-2-6-17(15)27(25,26)22-19/h1-2,4,6-8,10-11,16H,3,5,9,12-13H2,(H,21,22)/t16-/m1/s1. The Balaban J connectivity index is 1.44. The Kier molecular flexibility index (Phi) is 4.65. The van der Waals surface area contributed by atoms with E-state index in [0.717, 1.165) is 24.9 Å². The van der Waals surface area contributed by atoms with Crippen LogP contribution < -0.4 is 4.72 Å². The lowest BCUT2D eigenvalue weighted by Crippen LogP contribution is -2.31. The maximum Gasteiger partial charge on any atom is 0.263 e. The summed E-state index contributed by atoms with van der Waals surface area (Å²) in [6.45, 7) is 0.975. The quantitative estimate of drug-likeness (QED) is 0.871. The topological polar surface area (TPSA) is 91.7 Å². The van der Waals surface area contributed by atoms with Gasteiger partial charge in [0.15, 0.2) is 0 Å². The summed E-state index contributed by atoms with van der Waals surface area (Å²) in [6, 6.07) is 10.7. The largest absolute Gasteiger partial charge is 0.336 e. The molecule has 27 heavy (non-hydrogen) atoms. The van der Waals surface area contributed by atoms with Gasteiger partial charge < -0.3 is 4.90 Å². The highest BCUT2D eigenvalue weighted by Gasteiger charge is 2.31. The number of sulfonamides is 1. The van der Waals surface area contributed by atoms with E-state index in [2.05, 4.69) is 14.7 Å². The molecule has 8 heteroatoms. The highest BCUT2D eigenvalue weighted by atomic mass is 32.2. The SMILES string of the molecule is O=C(CCN=C1NS(=O)(=O)c2ccccc21)N1CCC[C@@H]1c1ccncc1. The Morgan fingerprint density at radius 1 is 1.22 bits per heavy atom. The molecule has 1 atom stereocenters. The predicted molar refractivity (Wildman–Crippen MR) is 101 cm³/mol. The highest BCUT2D eigenvalue weighted by molar-refractivity contribution is 7.90. The first-order chi connectivity index (χ1) is 13.1. The molecule has 7 nitrogen and oxygen atoms in total. The minimum atomic E-state index is -3.55. The molecule has 0 aliphatic carbocycles. The molecule has 140 valence electrons. The van der Waals surface area contributed by atoms with Gasteiger partial charge in [-0.25, -0.2) is 8.42 Å². The van der Waals surface area contributed by atoms with Crippen molar-refractivity contribution in [1.82, 2.24) is 14.6 Å². The Morgan fingerprint density at radius 2 is 2.00 bits per heavy atom. The van der Waals surface area contributed by atoms with Gasteiger partial charge in [0.05, 0.1) is 17.5 Å². The summed E-state index contributed by atoms with van der Waals surface area (Å²) in [7, 11) is -3.55. The van der Waals surface area contributed by atoms with Crippen molar-refractivity contribution in [3.8, 4) is 0 Å². The van der Waals surface area contributed by atoms with Gasteiger partial charge in [-0.1, -0.05) is 12.1 Å². The van der Waals surface area contributed by atoms with Crippen LogP contribution in [-0.2, 0) is 14.8 Å². The van der Waals surface area contributed by atoms with Crippen molar-refractivity contribution in [2.45, 2.75) is 30.2 Å². The normalized spacial score (nSPS) is 21.9. The van der Waals surface area contributed by atoms with Gasteiger partial charge in [-0.2, -0.15) is 0 Å². The number of amides is 1. The van der Waals surface area contributed by atoms with Crippen LogP contribution in [0.5, 0.6) is 0 Å². The first kappa shape index (κ1) is 17.7.